The molecule has 0 unspecified atom stereocenters. The highest BCUT2D eigenvalue weighted by Gasteiger charge is 3.02. The molecule has 1 N–H and O–H groups in total. The largest absolute Gasteiger partial charge is 0.458 e. The van der Waals surface area contributed by atoms with Gasteiger partial charge in [-0.05, 0) is 39.5 Å². The van der Waals surface area contributed by atoms with E-state index in [1.165, 1.54) is 0 Å². The second-order valence-electron chi connectivity index (χ2n) is 12.3. The van der Waals surface area contributed by atoms with Gasteiger partial charge in [0.25, 0.3) is 0 Å². The summed E-state index contributed by atoms with van der Waals surface area (Å²) in [6.07, 6.45) is 1.01. The first-order valence-corrected chi connectivity index (χ1v) is 11.7. The first-order valence-electron chi connectivity index (χ1n) is 11.7. The predicted molar refractivity (Wildman–Crippen MR) is 107 cm³/mol. The van der Waals surface area contributed by atoms with Crippen molar-refractivity contribution in [2.24, 2.45) is 11.3 Å². The molecule has 7 nitrogen and oxygen atoms in total. The standard InChI is InChI=1S/C24H32O7/c1-11(2)22-15(29-22)16-24(30-16)20(6)8-7-12-13(10-27-17(12)25)21(20,26)9-14-23(24,28-14)18(22)31-19(3,4)5/h11,14-16,18,26H,7-10H2,1-6H3/t14-,15-,16-,18+,20-,21+,22-,23+,24+/m0/s1. The summed E-state index contributed by atoms with van der Waals surface area (Å²) in [5, 5.41) is 12.2. The van der Waals surface area contributed by atoms with Gasteiger partial charge in [-0.15, -0.1) is 0 Å². The van der Waals surface area contributed by atoms with Crippen LogP contribution < -0.4 is 0 Å². The smallest absolute Gasteiger partial charge is 0.334 e. The lowest BCUT2D eigenvalue weighted by atomic mass is 9.44. The molecule has 2 spiro atoms. The topological polar surface area (TPSA) is 93.3 Å². The minimum atomic E-state index is -1.19. The average molecular weight is 433 g/mol. The lowest BCUT2D eigenvalue weighted by Gasteiger charge is -2.58. The Kier molecular flexibility index (Phi) is 3.09. The molecule has 0 radical (unpaired) electrons. The van der Waals surface area contributed by atoms with Crippen molar-refractivity contribution in [3.8, 4) is 0 Å². The van der Waals surface area contributed by atoms with Gasteiger partial charge in [0.2, 0.25) is 0 Å². The molecule has 0 bridgehead atoms. The molecular weight excluding hydrogens is 400 g/mol. The third-order valence-corrected chi connectivity index (χ3v) is 9.71. The zero-order valence-electron chi connectivity index (χ0n) is 19.1. The molecule has 2 saturated carbocycles. The quantitative estimate of drug-likeness (QED) is 0.527. The van der Waals surface area contributed by atoms with Crippen LogP contribution in [0.15, 0.2) is 11.1 Å². The number of esters is 1. The van der Waals surface area contributed by atoms with Crippen LogP contribution in [0.4, 0.5) is 0 Å². The number of fused-ring (bicyclic) bond motifs is 4. The first-order chi connectivity index (χ1) is 14.4. The Morgan fingerprint density at radius 3 is 2.58 bits per heavy atom. The summed E-state index contributed by atoms with van der Waals surface area (Å²) in [6.45, 7) is 12.9. The van der Waals surface area contributed by atoms with Crippen LogP contribution in [0, 0.1) is 11.3 Å². The zero-order chi connectivity index (χ0) is 22.0. The molecule has 5 fully saturated rings. The van der Waals surface area contributed by atoms with E-state index in [9.17, 15) is 9.90 Å². The van der Waals surface area contributed by atoms with Crippen molar-refractivity contribution in [3.05, 3.63) is 11.1 Å². The van der Waals surface area contributed by atoms with Crippen molar-refractivity contribution in [2.45, 2.75) is 113 Å². The van der Waals surface area contributed by atoms with Crippen molar-refractivity contribution < 1.29 is 33.6 Å². The Hall–Kier alpha value is -0.990. The third kappa shape index (κ3) is 1.75. The van der Waals surface area contributed by atoms with E-state index in [-0.39, 0.29) is 48.5 Å². The Balaban J connectivity index is 1.40. The van der Waals surface area contributed by atoms with E-state index in [2.05, 4.69) is 41.5 Å². The molecule has 0 amide bonds. The monoisotopic (exact) mass is 432 g/mol. The van der Waals surface area contributed by atoms with Crippen molar-refractivity contribution in [1.82, 2.24) is 0 Å². The van der Waals surface area contributed by atoms with Crippen LogP contribution in [-0.4, -0.2) is 70.1 Å². The predicted octanol–water partition coefficient (Wildman–Crippen LogP) is 2.04. The van der Waals surface area contributed by atoms with Gasteiger partial charge in [-0.25, -0.2) is 4.79 Å². The fourth-order valence-electron chi connectivity index (χ4n) is 8.19. The van der Waals surface area contributed by atoms with E-state index in [1.54, 1.807) is 0 Å². The number of hydrogen-bond donors (Lipinski definition) is 1. The van der Waals surface area contributed by atoms with Crippen LogP contribution in [0.5, 0.6) is 0 Å². The third-order valence-electron chi connectivity index (χ3n) is 9.71. The fraction of sp³-hybridized carbons (Fsp3) is 0.875. The van der Waals surface area contributed by atoms with Crippen molar-refractivity contribution in [1.29, 1.82) is 0 Å². The van der Waals surface area contributed by atoms with Gasteiger partial charge < -0.3 is 28.8 Å². The van der Waals surface area contributed by atoms with Crippen LogP contribution in [-0.2, 0) is 28.5 Å². The molecule has 9 atom stereocenters. The summed E-state index contributed by atoms with van der Waals surface area (Å²) >= 11 is 0. The molecule has 170 valence electrons. The normalized spacial score (nSPS) is 57.9. The lowest BCUT2D eigenvalue weighted by molar-refractivity contribution is -0.194. The van der Waals surface area contributed by atoms with Crippen molar-refractivity contribution >= 4 is 5.97 Å². The number of epoxide rings is 3. The summed E-state index contributed by atoms with van der Waals surface area (Å²) in [7, 11) is 0. The number of rotatable bonds is 2. The Labute approximate surface area is 182 Å². The maximum atomic E-state index is 12.3. The first kappa shape index (κ1) is 19.5. The number of carbonyl (C=O) groups excluding carboxylic acids is 1. The molecule has 7 rings (SSSR count). The van der Waals surface area contributed by atoms with Crippen LogP contribution in [0.1, 0.15) is 60.8 Å². The van der Waals surface area contributed by atoms with Gasteiger partial charge in [0.05, 0.1) is 11.7 Å². The van der Waals surface area contributed by atoms with E-state index >= 15 is 0 Å². The Morgan fingerprint density at radius 1 is 1.16 bits per heavy atom. The Morgan fingerprint density at radius 2 is 1.90 bits per heavy atom. The fourth-order valence-corrected chi connectivity index (χ4v) is 8.19. The summed E-state index contributed by atoms with van der Waals surface area (Å²) < 4.78 is 31.9. The van der Waals surface area contributed by atoms with Gasteiger partial charge in [-0.3, -0.25) is 0 Å². The SMILES string of the molecule is CC(C)[C@]12O[C@H]1[C@@H]1O[C@]13[C@]1(O[C@H]1C[C@@]1(O)C4=C(CC[C@]31C)C(=O)OC4)[C@@H]2OC(C)(C)C. The number of ether oxygens (including phenoxy) is 5. The van der Waals surface area contributed by atoms with Crippen LogP contribution in [0.2, 0.25) is 0 Å². The minimum Gasteiger partial charge on any atom is -0.458 e. The number of carbonyl (C=O) groups is 1. The van der Waals surface area contributed by atoms with Gasteiger partial charge in [0.1, 0.15) is 41.7 Å². The van der Waals surface area contributed by atoms with Crippen molar-refractivity contribution in [2.75, 3.05) is 6.61 Å². The second-order valence-corrected chi connectivity index (χ2v) is 12.3. The van der Waals surface area contributed by atoms with E-state index in [0.29, 0.717) is 24.8 Å². The highest BCUT2D eigenvalue weighted by molar-refractivity contribution is 5.93. The molecule has 31 heavy (non-hydrogen) atoms. The molecule has 4 aliphatic heterocycles. The Bertz CT molecular complexity index is 965. The lowest BCUT2D eigenvalue weighted by Crippen LogP contribution is -2.74. The van der Waals surface area contributed by atoms with Crippen LogP contribution in [0.3, 0.4) is 0 Å². The van der Waals surface area contributed by atoms with Crippen molar-refractivity contribution in [3.63, 3.8) is 0 Å². The molecule has 7 aliphatic rings. The summed E-state index contributed by atoms with van der Waals surface area (Å²) in [4.78, 5) is 12.3. The van der Waals surface area contributed by atoms with Crippen LogP contribution >= 0.6 is 0 Å². The summed E-state index contributed by atoms with van der Waals surface area (Å²) in [5.41, 5.74) is -2.53. The van der Waals surface area contributed by atoms with Gasteiger partial charge >= 0.3 is 5.97 Å². The molecule has 3 saturated heterocycles. The van der Waals surface area contributed by atoms with E-state index in [4.69, 9.17) is 23.7 Å². The van der Waals surface area contributed by atoms with E-state index in [0.717, 1.165) is 5.57 Å². The summed E-state index contributed by atoms with van der Waals surface area (Å²) in [5.74, 6) is -0.0341. The molecule has 4 heterocycles. The van der Waals surface area contributed by atoms with Gasteiger partial charge in [-0.2, -0.15) is 0 Å². The van der Waals surface area contributed by atoms with Crippen LogP contribution in [0.25, 0.3) is 0 Å². The molecular formula is C24H32O7. The van der Waals surface area contributed by atoms with Gasteiger partial charge in [0.15, 0.2) is 5.60 Å². The minimum absolute atomic E-state index is 0.0636. The molecule has 3 aliphatic carbocycles. The second kappa shape index (κ2) is 4.92. The molecule has 0 aromatic heterocycles. The van der Waals surface area contributed by atoms with Gasteiger partial charge in [0, 0.05) is 23.0 Å². The van der Waals surface area contributed by atoms with E-state index in [1.807, 2.05) is 0 Å². The average Bonchev–Trinajstić information content (AvgIpc) is 3.55. The highest BCUT2D eigenvalue weighted by Crippen LogP contribution is 2.84. The zero-order valence-corrected chi connectivity index (χ0v) is 19.1. The number of aliphatic hydroxyl groups is 1. The highest BCUT2D eigenvalue weighted by atomic mass is 16.8. The number of cyclic esters (lactones) is 1. The summed E-state index contributed by atoms with van der Waals surface area (Å²) in [6, 6.07) is 0. The van der Waals surface area contributed by atoms with Gasteiger partial charge in [-0.1, -0.05) is 20.8 Å². The number of hydrogen-bond acceptors (Lipinski definition) is 7. The molecule has 0 aromatic carbocycles. The molecule has 0 aromatic rings. The molecule has 7 heteroatoms. The van der Waals surface area contributed by atoms with E-state index < -0.39 is 27.8 Å². The maximum Gasteiger partial charge on any atom is 0.334 e. The maximum absolute atomic E-state index is 12.3.